The van der Waals surface area contributed by atoms with E-state index in [2.05, 4.69) is 0 Å². The number of hydrogen-bond donors (Lipinski definition) is 0. The highest BCUT2D eigenvalue weighted by molar-refractivity contribution is 5.88. The summed E-state index contributed by atoms with van der Waals surface area (Å²) in [6, 6.07) is 5.77. The molecule has 0 N–H and O–H groups in total. The van der Waals surface area contributed by atoms with Gasteiger partial charge >= 0.3 is 0 Å². The van der Waals surface area contributed by atoms with Gasteiger partial charge in [0, 0.05) is 11.1 Å². The Morgan fingerprint density at radius 3 is 2.53 bits per heavy atom. The van der Waals surface area contributed by atoms with Crippen molar-refractivity contribution in [3.05, 3.63) is 47.4 Å². The molecule has 0 saturated heterocycles. The zero-order valence-electron chi connectivity index (χ0n) is 8.78. The predicted molar refractivity (Wildman–Crippen MR) is 59.0 cm³/mol. The van der Waals surface area contributed by atoms with Crippen LogP contribution < -0.4 is 0 Å². The third-order valence-corrected chi connectivity index (χ3v) is 2.48. The summed E-state index contributed by atoms with van der Waals surface area (Å²) in [7, 11) is 0. The number of aldehydes is 1. The average molecular weight is 200 g/mol. The van der Waals surface area contributed by atoms with Crippen LogP contribution in [0.25, 0.3) is 11.1 Å². The van der Waals surface area contributed by atoms with Crippen LogP contribution >= 0.6 is 0 Å². The highest BCUT2D eigenvalue weighted by atomic mass is 16.3. The molecule has 76 valence electrons. The minimum atomic E-state index is 0.699. The van der Waals surface area contributed by atoms with Gasteiger partial charge in [-0.2, -0.15) is 0 Å². The SMILES string of the molecule is Cc1ccc(C=O)c(-c2cocc2C)c1. The molecule has 2 aromatic rings. The van der Waals surface area contributed by atoms with E-state index in [1.807, 2.05) is 32.0 Å². The lowest BCUT2D eigenvalue weighted by Gasteiger charge is -2.04. The van der Waals surface area contributed by atoms with Crippen LogP contribution in [0.4, 0.5) is 0 Å². The van der Waals surface area contributed by atoms with Crippen LogP contribution in [-0.4, -0.2) is 6.29 Å². The molecule has 2 heteroatoms. The van der Waals surface area contributed by atoms with Crippen LogP contribution in [0.2, 0.25) is 0 Å². The van der Waals surface area contributed by atoms with Gasteiger partial charge < -0.3 is 4.42 Å². The molecule has 15 heavy (non-hydrogen) atoms. The molecule has 0 amide bonds. The summed E-state index contributed by atoms with van der Waals surface area (Å²) >= 11 is 0. The molecule has 1 aromatic carbocycles. The second-order valence-corrected chi connectivity index (χ2v) is 3.68. The largest absolute Gasteiger partial charge is 0.472 e. The van der Waals surface area contributed by atoms with Gasteiger partial charge in [-0.25, -0.2) is 0 Å². The smallest absolute Gasteiger partial charge is 0.150 e. The molecular weight excluding hydrogens is 188 g/mol. The second kappa shape index (κ2) is 3.73. The fourth-order valence-electron chi connectivity index (χ4n) is 1.64. The molecule has 0 spiro atoms. The second-order valence-electron chi connectivity index (χ2n) is 3.68. The summed E-state index contributed by atoms with van der Waals surface area (Å²) in [6.07, 6.45) is 4.24. The van der Waals surface area contributed by atoms with Gasteiger partial charge in [0.2, 0.25) is 0 Å². The summed E-state index contributed by atoms with van der Waals surface area (Å²) < 4.78 is 5.12. The highest BCUT2D eigenvalue weighted by Gasteiger charge is 2.08. The van der Waals surface area contributed by atoms with E-state index in [0.29, 0.717) is 5.56 Å². The van der Waals surface area contributed by atoms with Gasteiger partial charge in [0.05, 0.1) is 12.5 Å². The number of rotatable bonds is 2. The third-order valence-electron chi connectivity index (χ3n) is 2.48. The lowest BCUT2D eigenvalue weighted by Crippen LogP contribution is -1.88. The lowest BCUT2D eigenvalue weighted by atomic mass is 9.98. The van der Waals surface area contributed by atoms with E-state index in [0.717, 1.165) is 28.5 Å². The summed E-state index contributed by atoms with van der Waals surface area (Å²) in [6.45, 7) is 3.98. The summed E-state index contributed by atoms with van der Waals surface area (Å²) in [5.41, 5.74) is 4.81. The Bertz CT molecular complexity index is 495. The Hall–Kier alpha value is -1.83. The van der Waals surface area contributed by atoms with Crippen LogP contribution in [0, 0.1) is 13.8 Å². The standard InChI is InChI=1S/C13H12O2/c1-9-3-4-11(6-14)12(5-9)13-8-15-7-10(13)2/h3-8H,1-2H3. The van der Waals surface area contributed by atoms with Gasteiger partial charge in [0.1, 0.15) is 0 Å². The van der Waals surface area contributed by atoms with Crippen molar-refractivity contribution >= 4 is 6.29 Å². The van der Waals surface area contributed by atoms with Gasteiger partial charge in [0.25, 0.3) is 0 Å². The molecule has 2 nitrogen and oxygen atoms in total. The molecule has 0 aliphatic rings. The van der Waals surface area contributed by atoms with E-state index in [1.54, 1.807) is 12.5 Å². The van der Waals surface area contributed by atoms with E-state index >= 15 is 0 Å². The van der Waals surface area contributed by atoms with Crippen LogP contribution in [0.1, 0.15) is 21.5 Å². The van der Waals surface area contributed by atoms with Crippen molar-refractivity contribution in [1.29, 1.82) is 0 Å². The van der Waals surface area contributed by atoms with Gasteiger partial charge in [-0.05, 0) is 25.0 Å². The first-order chi connectivity index (χ1) is 7.22. The number of furan rings is 1. The van der Waals surface area contributed by atoms with Crippen LogP contribution in [0.3, 0.4) is 0 Å². The van der Waals surface area contributed by atoms with Crippen LogP contribution in [0.15, 0.2) is 35.1 Å². The van der Waals surface area contributed by atoms with Gasteiger partial charge in [-0.15, -0.1) is 0 Å². The number of aryl methyl sites for hydroxylation is 2. The van der Waals surface area contributed by atoms with Crippen LogP contribution in [-0.2, 0) is 0 Å². The van der Waals surface area contributed by atoms with E-state index in [4.69, 9.17) is 4.42 Å². The number of benzene rings is 1. The van der Waals surface area contributed by atoms with Crippen molar-refractivity contribution in [3.63, 3.8) is 0 Å². The summed E-state index contributed by atoms with van der Waals surface area (Å²) in [5.74, 6) is 0. The molecule has 2 rings (SSSR count). The molecule has 0 atom stereocenters. The summed E-state index contributed by atoms with van der Waals surface area (Å²) in [5, 5.41) is 0. The zero-order valence-corrected chi connectivity index (χ0v) is 8.78. The molecule has 1 heterocycles. The Morgan fingerprint density at radius 1 is 1.13 bits per heavy atom. The van der Waals surface area contributed by atoms with E-state index in [1.165, 1.54) is 0 Å². The molecule has 1 aromatic heterocycles. The Kier molecular flexibility index (Phi) is 2.42. The first-order valence-corrected chi connectivity index (χ1v) is 4.81. The van der Waals surface area contributed by atoms with Crippen molar-refractivity contribution in [3.8, 4) is 11.1 Å². The molecular formula is C13H12O2. The maximum Gasteiger partial charge on any atom is 0.150 e. The first-order valence-electron chi connectivity index (χ1n) is 4.81. The lowest BCUT2D eigenvalue weighted by molar-refractivity contribution is 0.112. The minimum Gasteiger partial charge on any atom is -0.472 e. The molecule has 0 saturated carbocycles. The summed E-state index contributed by atoms with van der Waals surface area (Å²) in [4.78, 5) is 10.9. The van der Waals surface area contributed by atoms with E-state index in [-0.39, 0.29) is 0 Å². The Balaban J connectivity index is 2.65. The normalized spacial score (nSPS) is 10.3. The third kappa shape index (κ3) is 1.71. The molecule has 0 aliphatic carbocycles. The zero-order chi connectivity index (χ0) is 10.8. The first kappa shape index (κ1) is 9.71. The highest BCUT2D eigenvalue weighted by Crippen LogP contribution is 2.27. The van der Waals surface area contributed by atoms with Crippen molar-refractivity contribution in [1.82, 2.24) is 0 Å². The van der Waals surface area contributed by atoms with Crippen LogP contribution in [0.5, 0.6) is 0 Å². The molecule has 0 bridgehead atoms. The van der Waals surface area contributed by atoms with Crippen molar-refractivity contribution in [2.75, 3.05) is 0 Å². The van der Waals surface area contributed by atoms with E-state index < -0.39 is 0 Å². The van der Waals surface area contributed by atoms with Gasteiger partial charge in [-0.3, -0.25) is 4.79 Å². The molecule has 0 fully saturated rings. The number of carbonyl (C=O) groups is 1. The maximum atomic E-state index is 10.9. The fraction of sp³-hybridized carbons (Fsp3) is 0.154. The topological polar surface area (TPSA) is 30.2 Å². The quantitative estimate of drug-likeness (QED) is 0.695. The minimum absolute atomic E-state index is 0.699. The fourth-order valence-corrected chi connectivity index (χ4v) is 1.64. The van der Waals surface area contributed by atoms with Crippen molar-refractivity contribution in [2.24, 2.45) is 0 Å². The predicted octanol–water partition coefficient (Wildman–Crippen LogP) is 3.38. The van der Waals surface area contributed by atoms with Crippen molar-refractivity contribution < 1.29 is 9.21 Å². The molecule has 0 aliphatic heterocycles. The van der Waals surface area contributed by atoms with Gasteiger partial charge in [0.15, 0.2) is 6.29 Å². The molecule has 0 unspecified atom stereocenters. The van der Waals surface area contributed by atoms with E-state index in [9.17, 15) is 4.79 Å². The monoisotopic (exact) mass is 200 g/mol. The molecule has 0 radical (unpaired) electrons. The average Bonchev–Trinajstić information content (AvgIpc) is 2.64. The number of carbonyl (C=O) groups excluding carboxylic acids is 1. The van der Waals surface area contributed by atoms with Crippen molar-refractivity contribution in [2.45, 2.75) is 13.8 Å². The van der Waals surface area contributed by atoms with Gasteiger partial charge in [-0.1, -0.05) is 23.8 Å². The maximum absolute atomic E-state index is 10.9. The Morgan fingerprint density at radius 2 is 1.93 bits per heavy atom. The number of hydrogen-bond acceptors (Lipinski definition) is 2. The Labute approximate surface area is 88.5 Å².